The third kappa shape index (κ3) is 3.17. The topological polar surface area (TPSA) is 58.9 Å². The summed E-state index contributed by atoms with van der Waals surface area (Å²) in [6.07, 6.45) is -0.922. The maximum atomic E-state index is 12.2. The SMILES string of the molecule is CC(=NCc1ccc(C)cc1)C1C(=O)Oc2ccccc2C1O. The normalized spacial score (nSPS) is 20.8. The van der Waals surface area contributed by atoms with Crippen LogP contribution in [0.25, 0.3) is 0 Å². The number of hydrogen-bond donors (Lipinski definition) is 1. The summed E-state index contributed by atoms with van der Waals surface area (Å²) in [6, 6.07) is 15.1. The average Bonchev–Trinajstić information content (AvgIpc) is 2.54. The zero-order valence-electron chi connectivity index (χ0n) is 13.2. The molecule has 0 saturated carbocycles. The molecule has 4 nitrogen and oxygen atoms in total. The maximum Gasteiger partial charge on any atom is 0.323 e. The minimum Gasteiger partial charge on any atom is -0.426 e. The second-order valence-electron chi connectivity index (χ2n) is 5.82. The van der Waals surface area contributed by atoms with Gasteiger partial charge in [0.25, 0.3) is 0 Å². The minimum atomic E-state index is -0.922. The van der Waals surface area contributed by atoms with E-state index in [1.54, 1.807) is 25.1 Å². The molecule has 0 bridgehead atoms. The Morgan fingerprint density at radius 2 is 1.87 bits per heavy atom. The summed E-state index contributed by atoms with van der Waals surface area (Å²) in [4.78, 5) is 16.7. The molecule has 0 aromatic heterocycles. The van der Waals surface area contributed by atoms with E-state index in [9.17, 15) is 9.90 Å². The Morgan fingerprint density at radius 3 is 2.61 bits per heavy atom. The van der Waals surface area contributed by atoms with Crippen molar-refractivity contribution in [1.82, 2.24) is 0 Å². The van der Waals surface area contributed by atoms with Crippen LogP contribution in [0.1, 0.15) is 29.7 Å². The number of benzene rings is 2. The van der Waals surface area contributed by atoms with Crippen LogP contribution in [0.4, 0.5) is 0 Å². The molecule has 2 unspecified atom stereocenters. The highest BCUT2D eigenvalue weighted by Crippen LogP contribution is 2.36. The zero-order chi connectivity index (χ0) is 16.4. The predicted molar refractivity (Wildman–Crippen MR) is 88.5 cm³/mol. The second-order valence-corrected chi connectivity index (χ2v) is 5.82. The van der Waals surface area contributed by atoms with Crippen molar-refractivity contribution in [2.75, 3.05) is 0 Å². The lowest BCUT2D eigenvalue weighted by molar-refractivity contribution is -0.141. The number of rotatable bonds is 3. The van der Waals surface area contributed by atoms with Gasteiger partial charge in [0.1, 0.15) is 17.8 Å². The molecule has 2 atom stereocenters. The monoisotopic (exact) mass is 309 g/mol. The van der Waals surface area contributed by atoms with Crippen LogP contribution in [0.15, 0.2) is 53.5 Å². The van der Waals surface area contributed by atoms with Crippen LogP contribution in [0, 0.1) is 12.8 Å². The first-order valence-electron chi connectivity index (χ1n) is 7.61. The summed E-state index contributed by atoms with van der Waals surface area (Å²) in [6.45, 7) is 4.27. The molecule has 1 N–H and O–H groups in total. The number of hydrogen-bond acceptors (Lipinski definition) is 4. The highest BCUT2D eigenvalue weighted by molar-refractivity contribution is 6.03. The van der Waals surface area contributed by atoms with Crippen molar-refractivity contribution in [3.63, 3.8) is 0 Å². The molecule has 23 heavy (non-hydrogen) atoms. The van der Waals surface area contributed by atoms with Crippen molar-refractivity contribution in [3.8, 4) is 5.75 Å². The Hall–Kier alpha value is -2.46. The van der Waals surface area contributed by atoms with Gasteiger partial charge in [0.15, 0.2) is 0 Å². The average molecular weight is 309 g/mol. The minimum absolute atomic E-state index is 0.424. The van der Waals surface area contributed by atoms with Gasteiger partial charge in [0.05, 0.1) is 6.54 Å². The van der Waals surface area contributed by atoms with E-state index in [4.69, 9.17) is 4.74 Å². The van der Waals surface area contributed by atoms with Crippen LogP contribution in [-0.2, 0) is 11.3 Å². The van der Waals surface area contributed by atoms with E-state index in [0.29, 0.717) is 23.6 Å². The fourth-order valence-electron chi connectivity index (χ4n) is 2.70. The maximum absolute atomic E-state index is 12.2. The Labute approximate surface area is 135 Å². The molecular formula is C19H19NO3. The first-order chi connectivity index (χ1) is 11.1. The second kappa shape index (κ2) is 6.34. The van der Waals surface area contributed by atoms with Gasteiger partial charge in [0, 0.05) is 11.3 Å². The first kappa shape index (κ1) is 15.4. The number of ether oxygens (including phenoxy) is 1. The Morgan fingerprint density at radius 1 is 1.17 bits per heavy atom. The molecule has 2 aromatic carbocycles. The van der Waals surface area contributed by atoms with E-state index in [-0.39, 0.29) is 0 Å². The molecule has 1 aliphatic rings. The van der Waals surface area contributed by atoms with Gasteiger partial charge < -0.3 is 9.84 Å². The number of aryl methyl sites for hydroxylation is 1. The highest BCUT2D eigenvalue weighted by atomic mass is 16.5. The Bertz CT molecular complexity index is 749. The molecule has 0 aliphatic carbocycles. The fourth-order valence-corrected chi connectivity index (χ4v) is 2.70. The third-order valence-corrected chi connectivity index (χ3v) is 4.10. The molecule has 1 aliphatic heterocycles. The lowest BCUT2D eigenvalue weighted by Crippen LogP contribution is -2.36. The van der Waals surface area contributed by atoms with E-state index >= 15 is 0 Å². The number of para-hydroxylation sites is 1. The van der Waals surface area contributed by atoms with Gasteiger partial charge in [-0.1, -0.05) is 48.0 Å². The number of aliphatic hydroxyl groups is 1. The quantitative estimate of drug-likeness (QED) is 0.538. The summed E-state index contributed by atoms with van der Waals surface area (Å²) < 4.78 is 5.32. The van der Waals surface area contributed by atoms with Crippen molar-refractivity contribution < 1.29 is 14.6 Å². The fraction of sp³-hybridized carbons (Fsp3) is 0.263. The Balaban J connectivity index is 1.81. The molecule has 1 heterocycles. The lowest BCUT2D eigenvalue weighted by atomic mass is 9.89. The summed E-state index contributed by atoms with van der Waals surface area (Å²) in [5, 5.41) is 10.5. The van der Waals surface area contributed by atoms with Crippen molar-refractivity contribution in [1.29, 1.82) is 0 Å². The van der Waals surface area contributed by atoms with Crippen molar-refractivity contribution in [3.05, 3.63) is 65.2 Å². The molecule has 0 spiro atoms. The molecule has 4 heteroatoms. The van der Waals surface area contributed by atoms with Crippen LogP contribution in [0.3, 0.4) is 0 Å². The standard InChI is InChI=1S/C19H19NO3/c1-12-7-9-14(10-8-12)11-20-13(2)17-18(21)15-5-3-4-6-16(15)23-19(17)22/h3-10,17-18,21H,11H2,1-2H3. The van der Waals surface area contributed by atoms with Gasteiger partial charge in [-0.25, -0.2) is 0 Å². The molecule has 118 valence electrons. The molecule has 0 radical (unpaired) electrons. The molecule has 3 rings (SSSR count). The van der Waals surface area contributed by atoms with Crippen LogP contribution >= 0.6 is 0 Å². The van der Waals surface area contributed by atoms with E-state index < -0.39 is 18.0 Å². The van der Waals surface area contributed by atoms with Gasteiger partial charge in [-0.05, 0) is 25.5 Å². The summed E-state index contributed by atoms with van der Waals surface area (Å²) in [5.74, 6) is -0.788. The predicted octanol–water partition coefficient (Wildman–Crippen LogP) is 3.22. The van der Waals surface area contributed by atoms with Gasteiger partial charge >= 0.3 is 5.97 Å². The molecular weight excluding hydrogens is 290 g/mol. The van der Waals surface area contributed by atoms with Crippen molar-refractivity contribution >= 4 is 11.7 Å². The molecule has 0 amide bonds. The summed E-state index contributed by atoms with van der Waals surface area (Å²) in [5.41, 5.74) is 3.46. The third-order valence-electron chi connectivity index (χ3n) is 4.10. The largest absolute Gasteiger partial charge is 0.426 e. The number of carbonyl (C=O) groups excluding carboxylic acids is 1. The first-order valence-corrected chi connectivity index (χ1v) is 7.61. The highest BCUT2D eigenvalue weighted by Gasteiger charge is 2.38. The van der Waals surface area contributed by atoms with E-state index in [2.05, 4.69) is 4.99 Å². The smallest absolute Gasteiger partial charge is 0.323 e. The lowest BCUT2D eigenvalue weighted by Gasteiger charge is -2.28. The number of fused-ring (bicyclic) bond motifs is 1. The number of carbonyl (C=O) groups is 1. The van der Waals surface area contributed by atoms with Gasteiger partial charge in [-0.15, -0.1) is 0 Å². The van der Waals surface area contributed by atoms with Gasteiger partial charge in [-0.3, -0.25) is 9.79 Å². The van der Waals surface area contributed by atoms with E-state index in [1.165, 1.54) is 5.56 Å². The molecule has 0 fully saturated rings. The van der Waals surface area contributed by atoms with Gasteiger partial charge in [-0.2, -0.15) is 0 Å². The summed E-state index contributed by atoms with van der Waals surface area (Å²) in [7, 11) is 0. The zero-order valence-corrected chi connectivity index (χ0v) is 13.2. The number of nitrogens with zero attached hydrogens (tertiary/aromatic N) is 1. The number of esters is 1. The van der Waals surface area contributed by atoms with Crippen molar-refractivity contribution in [2.24, 2.45) is 10.9 Å². The Kier molecular flexibility index (Phi) is 4.26. The molecule has 2 aromatic rings. The van der Waals surface area contributed by atoms with Crippen molar-refractivity contribution in [2.45, 2.75) is 26.5 Å². The van der Waals surface area contributed by atoms with Crippen LogP contribution < -0.4 is 4.74 Å². The molecule has 0 saturated heterocycles. The van der Waals surface area contributed by atoms with Gasteiger partial charge in [0.2, 0.25) is 0 Å². The number of aliphatic hydroxyl groups excluding tert-OH is 1. The van der Waals surface area contributed by atoms with E-state index in [0.717, 1.165) is 5.56 Å². The summed E-state index contributed by atoms with van der Waals surface area (Å²) >= 11 is 0. The van der Waals surface area contributed by atoms with E-state index in [1.807, 2.05) is 37.3 Å². The van der Waals surface area contributed by atoms with Crippen LogP contribution in [0.5, 0.6) is 5.75 Å². The van der Waals surface area contributed by atoms with Crippen LogP contribution in [0.2, 0.25) is 0 Å². The van der Waals surface area contributed by atoms with Crippen LogP contribution in [-0.4, -0.2) is 16.8 Å². The number of aliphatic imine (C=N–C) groups is 1.